The van der Waals surface area contributed by atoms with Crippen LogP contribution in [-0.4, -0.2) is 23.6 Å². The molecule has 3 heteroatoms. The predicted molar refractivity (Wildman–Crippen MR) is 55.1 cm³/mol. The van der Waals surface area contributed by atoms with Crippen molar-refractivity contribution in [3.63, 3.8) is 0 Å². The van der Waals surface area contributed by atoms with Crippen LogP contribution in [0, 0.1) is 10.8 Å². The topological polar surface area (TPSA) is 50.9 Å². The maximum atomic E-state index is 7.37. The minimum atomic E-state index is 0.525. The highest BCUT2D eigenvalue weighted by atomic mass is 15.2. The van der Waals surface area contributed by atoms with Crippen molar-refractivity contribution in [3.05, 3.63) is 0 Å². The fraction of sp³-hybridized carbons (Fsp3) is 0.778. The highest BCUT2D eigenvalue weighted by molar-refractivity contribution is 5.88. The molecule has 0 aliphatic carbocycles. The monoisotopic (exact) mass is 171 g/mol. The maximum Gasteiger partial charge on any atom is 0.101 e. The van der Waals surface area contributed by atoms with Crippen LogP contribution in [0.5, 0.6) is 0 Å². The van der Waals surface area contributed by atoms with Crippen LogP contribution in [0.4, 0.5) is 0 Å². The van der Waals surface area contributed by atoms with Crippen molar-refractivity contribution in [1.82, 2.24) is 4.90 Å². The molecule has 0 aliphatic rings. The second kappa shape index (κ2) is 10.1. The highest BCUT2D eigenvalue weighted by Gasteiger charge is 2.00. The van der Waals surface area contributed by atoms with Gasteiger partial charge in [0.15, 0.2) is 0 Å². The Morgan fingerprint density at radius 2 is 1.83 bits per heavy atom. The maximum absolute atomic E-state index is 7.37. The predicted octanol–water partition coefficient (Wildman–Crippen LogP) is 2.72. The molecule has 0 aliphatic heterocycles. The van der Waals surface area contributed by atoms with Crippen LogP contribution in [0.25, 0.3) is 0 Å². The van der Waals surface area contributed by atoms with E-state index >= 15 is 0 Å². The van der Waals surface area contributed by atoms with E-state index in [1.54, 1.807) is 4.90 Å². The third kappa shape index (κ3) is 5.89. The first-order chi connectivity index (χ1) is 5.76. The molecule has 0 aromatic heterocycles. The molecular formula is C9H21N3. The Kier molecular flexibility index (Phi) is 11.6. The fourth-order valence-corrected chi connectivity index (χ4v) is 0.721. The van der Waals surface area contributed by atoms with Gasteiger partial charge in [0, 0.05) is 13.0 Å². The summed E-state index contributed by atoms with van der Waals surface area (Å²) in [7, 11) is 0. The first kappa shape index (κ1) is 13.7. The number of rotatable bonds is 4. The molecule has 0 spiro atoms. The van der Waals surface area contributed by atoms with E-state index in [1.165, 1.54) is 6.34 Å². The zero-order valence-electron chi connectivity index (χ0n) is 8.65. The fourth-order valence-electron chi connectivity index (χ4n) is 0.721. The van der Waals surface area contributed by atoms with Gasteiger partial charge < -0.3 is 4.90 Å². The number of hydrogen-bond donors (Lipinski definition) is 2. The van der Waals surface area contributed by atoms with Gasteiger partial charge in [-0.05, 0) is 6.42 Å². The summed E-state index contributed by atoms with van der Waals surface area (Å²) in [5, 5.41) is 14.3. The van der Waals surface area contributed by atoms with Gasteiger partial charge in [-0.3, -0.25) is 10.8 Å². The molecule has 0 aromatic rings. The molecule has 0 fully saturated rings. The van der Waals surface area contributed by atoms with E-state index in [0.717, 1.165) is 13.0 Å². The minimum Gasteiger partial charge on any atom is -0.322 e. The summed E-state index contributed by atoms with van der Waals surface area (Å²) in [6.07, 6.45) is 2.91. The lowest BCUT2D eigenvalue weighted by atomic mass is 10.3. The van der Waals surface area contributed by atoms with E-state index in [9.17, 15) is 0 Å². The summed E-state index contributed by atoms with van der Waals surface area (Å²) >= 11 is 0. The Morgan fingerprint density at radius 3 is 2.08 bits per heavy atom. The Morgan fingerprint density at radius 1 is 1.33 bits per heavy atom. The number of nitrogens with one attached hydrogen (secondary N) is 2. The van der Waals surface area contributed by atoms with Crippen LogP contribution in [0.2, 0.25) is 0 Å². The number of nitrogens with zero attached hydrogens (tertiary/aromatic N) is 1. The summed E-state index contributed by atoms with van der Waals surface area (Å²) in [4.78, 5) is 1.65. The van der Waals surface area contributed by atoms with Crippen LogP contribution in [-0.2, 0) is 0 Å². The van der Waals surface area contributed by atoms with Gasteiger partial charge in [-0.2, -0.15) is 0 Å². The molecule has 2 N–H and O–H groups in total. The Labute approximate surface area is 75.8 Å². The van der Waals surface area contributed by atoms with E-state index in [1.807, 2.05) is 27.7 Å². The van der Waals surface area contributed by atoms with Crippen LogP contribution < -0.4 is 0 Å². The molecule has 0 atom stereocenters. The van der Waals surface area contributed by atoms with E-state index < -0.39 is 0 Å². The first-order valence-corrected chi connectivity index (χ1v) is 4.60. The van der Waals surface area contributed by atoms with Crippen molar-refractivity contribution in [3.8, 4) is 0 Å². The molecule has 72 valence electrons. The van der Waals surface area contributed by atoms with Gasteiger partial charge in [0.1, 0.15) is 5.84 Å². The Bertz CT molecular complexity index is 121. The molecule has 0 unspecified atom stereocenters. The van der Waals surface area contributed by atoms with Crippen molar-refractivity contribution < 1.29 is 0 Å². The van der Waals surface area contributed by atoms with Gasteiger partial charge in [0.05, 0.1) is 6.34 Å². The van der Waals surface area contributed by atoms with Crippen LogP contribution in [0.1, 0.15) is 40.5 Å². The third-order valence-corrected chi connectivity index (χ3v) is 1.30. The summed E-state index contributed by atoms with van der Waals surface area (Å²) < 4.78 is 0. The molecule has 0 bridgehead atoms. The summed E-state index contributed by atoms with van der Waals surface area (Å²) in [5.74, 6) is 0.525. The van der Waals surface area contributed by atoms with Gasteiger partial charge >= 0.3 is 0 Å². The molecule has 0 amide bonds. The van der Waals surface area contributed by atoms with E-state index in [-0.39, 0.29) is 0 Å². The summed E-state index contributed by atoms with van der Waals surface area (Å²) in [6, 6.07) is 0. The lowest BCUT2D eigenvalue weighted by Crippen LogP contribution is -2.28. The van der Waals surface area contributed by atoms with E-state index in [0.29, 0.717) is 12.3 Å². The van der Waals surface area contributed by atoms with Crippen molar-refractivity contribution in [2.75, 3.05) is 6.54 Å². The van der Waals surface area contributed by atoms with Gasteiger partial charge in [-0.1, -0.05) is 27.7 Å². The number of hydrogen-bond acceptors (Lipinski definition) is 2. The largest absolute Gasteiger partial charge is 0.322 e. The average molecular weight is 171 g/mol. The van der Waals surface area contributed by atoms with Crippen molar-refractivity contribution in [2.45, 2.75) is 40.5 Å². The van der Waals surface area contributed by atoms with Crippen molar-refractivity contribution >= 4 is 12.2 Å². The van der Waals surface area contributed by atoms with Crippen LogP contribution >= 0.6 is 0 Å². The highest BCUT2D eigenvalue weighted by Crippen LogP contribution is 1.92. The molecule has 0 aromatic carbocycles. The van der Waals surface area contributed by atoms with Crippen LogP contribution in [0.15, 0.2) is 0 Å². The zero-order chi connectivity index (χ0) is 9.98. The lowest BCUT2D eigenvalue weighted by molar-refractivity contribution is 0.591. The molecule has 0 saturated carbocycles. The second-order valence-corrected chi connectivity index (χ2v) is 2.12. The molecule has 0 radical (unpaired) electrons. The molecule has 0 heterocycles. The van der Waals surface area contributed by atoms with Gasteiger partial charge in [0.25, 0.3) is 0 Å². The Hall–Kier alpha value is -0.860. The summed E-state index contributed by atoms with van der Waals surface area (Å²) in [6.45, 7) is 8.75. The van der Waals surface area contributed by atoms with Gasteiger partial charge in [-0.25, -0.2) is 0 Å². The van der Waals surface area contributed by atoms with Gasteiger partial charge in [0.2, 0.25) is 0 Å². The Balaban J connectivity index is 0. The molecule has 0 saturated heterocycles. The molecule has 12 heavy (non-hydrogen) atoms. The van der Waals surface area contributed by atoms with E-state index in [4.69, 9.17) is 10.8 Å². The second-order valence-electron chi connectivity index (χ2n) is 2.12. The zero-order valence-corrected chi connectivity index (χ0v) is 8.65. The van der Waals surface area contributed by atoms with Crippen LogP contribution in [0.3, 0.4) is 0 Å². The normalized spacial score (nSPS) is 8.00. The lowest BCUT2D eigenvalue weighted by Gasteiger charge is -2.16. The smallest absolute Gasteiger partial charge is 0.101 e. The third-order valence-electron chi connectivity index (χ3n) is 1.30. The first-order valence-electron chi connectivity index (χ1n) is 4.60. The van der Waals surface area contributed by atoms with E-state index in [2.05, 4.69) is 0 Å². The standard InChI is InChI=1S/C7H15N3.C2H6/c1-3-5-10(6-8)7(9)4-2;1-2/h6,8-9H,3-5H2,1-2H3;1-2H3. The molecule has 0 rings (SSSR count). The molecule has 3 nitrogen and oxygen atoms in total. The molecular weight excluding hydrogens is 150 g/mol. The summed E-state index contributed by atoms with van der Waals surface area (Å²) in [5.41, 5.74) is 0. The van der Waals surface area contributed by atoms with Crippen molar-refractivity contribution in [2.24, 2.45) is 0 Å². The minimum absolute atomic E-state index is 0.525. The SMILES string of the molecule is CC.CCCN(C=N)C(=N)CC. The quantitative estimate of drug-likeness (QED) is 0.496. The van der Waals surface area contributed by atoms with Gasteiger partial charge in [-0.15, -0.1) is 0 Å². The average Bonchev–Trinajstić information content (AvgIpc) is 2.16. The number of amidine groups is 1. The van der Waals surface area contributed by atoms with Crippen molar-refractivity contribution in [1.29, 1.82) is 10.8 Å².